The molecule has 0 unspecified atom stereocenters. The van der Waals surface area contributed by atoms with Crippen LogP contribution in [0, 0.1) is 0 Å². The van der Waals surface area contributed by atoms with Gasteiger partial charge >= 0.3 is 0 Å². The summed E-state index contributed by atoms with van der Waals surface area (Å²) in [5, 5.41) is 9.69. The number of anilines is 4. The number of nitrogens with zero attached hydrogens (tertiary/aromatic N) is 3. The van der Waals surface area contributed by atoms with Gasteiger partial charge in [0.15, 0.2) is 11.6 Å². The molecule has 130 valence electrons. The number of nitrogen functional groups attached to an aromatic ring is 1. The molecule has 4 N–H and O–H groups in total. The monoisotopic (exact) mass is 362 g/mol. The molecule has 4 aromatic rings. The number of nitrogens with one attached hydrogen (secondary N) is 2. The summed E-state index contributed by atoms with van der Waals surface area (Å²) in [4.78, 5) is 14.3. The predicted octanol–water partition coefficient (Wildman–Crippen LogP) is 4.07. The summed E-state index contributed by atoms with van der Waals surface area (Å²) >= 11 is 1.75. The van der Waals surface area contributed by atoms with Crippen molar-refractivity contribution in [3.05, 3.63) is 65.2 Å². The normalized spacial score (nSPS) is 10.8. The van der Waals surface area contributed by atoms with Crippen LogP contribution in [0.3, 0.4) is 0 Å². The number of hydrogen-bond acceptors (Lipinski definition) is 7. The standard InChI is InChI=1S/C19H18N6S/c20-17-18(22-10-8-13-4-3-11-26-13)23-12-24-19(17)25-16-7-1-6-15-14(16)5-2-9-21-15/h1-7,9,11-12H,8,10,20H2,(H2,22,23,24,25). The lowest BCUT2D eigenvalue weighted by Crippen LogP contribution is -2.10. The molecule has 3 heterocycles. The van der Waals surface area contributed by atoms with E-state index in [4.69, 9.17) is 5.73 Å². The summed E-state index contributed by atoms with van der Waals surface area (Å²) in [7, 11) is 0. The van der Waals surface area contributed by atoms with Crippen molar-refractivity contribution in [1.29, 1.82) is 0 Å². The first-order valence-corrected chi connectivity index (χ1v) is 9.17. The van der Waals surface area contributed by atoms with Crippen LogP contribution in [0.1, 0.15) is 4.88 Å². The molecule has 4 rings (SSSR count). The van der Waals surface area contributed by atoms with Crippen LogP contribution in [0.2, 0.25) is 0 Å². The highest BCUT2D eigenvalue weighted by Gasteiger charge is 2.10. The Morgan fingerprint density at radius 2 is 1.88 bits per heavy atom. The topological polar surface area (TPSA) is 88.8 Å². The number of thiophene rings is 1. The maximum atomic E-state index is 6.27. The number of aromatic nitrogens is 3. The molecular weight excluding hydrogens is 344 g/mol. The Kier molecular flexibility index (Phi) is 4.61. The van der Waals surface area contributed by atoms with E-state index in [9.17, 15) is 0 Å². The van der Waals surface area contributed by atoms with Crippen LogP contribution in [0.15, 0.2) is 60.4 Å². The van der Waals surface area contributed by atoms with Crippen molar-refractivity contribution in [2.75, 3.05) is 22.9 Å². The maximum absolute atomic E-state index is 6.27. The second kappa shape index (κ2) is 7.37. The van der Waals surface area contributed by atoms with Crippen molar-refractivity contribution < 1.29 is 0 Å². The zero-order valence-electron chi connectivity index (χ0n) is 14.0. The fraction of sp³-hybridized carbons (Fsp3) is 0.105. The number of fused-ring (bicyclic) bond motifs is 1. The van der Waals surface area contributed by atoms with E-state index in [-0.39, 0.29) is 0 Å². The molecule has 0 saturated heterocycles. The Labute approximate surface area is 155 Å². The highest BCUT2D eigenvalue weighted by molar-refractivity contribution is 7.09. The Morgan fingerprint density at radius 1 is 0.962 bits per heavy atom. The molecule has 0 bridgehead atoms. The lowest BCUT2D eigenvalue weighted by molar-refractivity contribution is 1.02. The molecule has 1 aromatic carbocycles. The van der Waals surface area contributed by atoms with Crippen molar-refractivity contribution >= 4 is 45.3 Å². The first-order chi connectivity index (χ1) is 12.8. The van der Waals surface area contributed by atoms with Crippen LogP contribution in [0.25, 0.3) is 10.9 Å². The Balaban J connectivity index is 1.53. The van der Waals surface area contributed by atoms with E-state index in [2.05, 4.69) is 43.1 Å². The predicted molar refractivity (Wildman–Crippen MR) is 108 cm³/mol. The average Bonchev–Trinajstić information content (AvgIpc) is 3.18. The van der Waals surface area contributed by atoms with E-state index in [0.717, 1.165) is 29.6 Å². The lowest BCUT2D eigenvalue weighted by atomic mass is 10.2. The molecule has 0 radical (unpaired) electrons. The minimum absolute atomic E-state index is 0.500. The van der Waals surface area contributed by atoms with Crippen LogP contribution < -0.4 is 16.4 Å². The van der Waals surface area contributed by atoms with Crippen molar-refractivity contribution in [2.24, 2.45) is 0 Å². The van der Waals surface area contributed by atoms with Crippen LogP contribution in [-0.2, 0) is 6.42 Å². The number of hydrogen-bond donors (Lipinski definition) is 3. The van der Waals surface area contributed by atoms with Crippen molar-refractivity contribution in [1.82, 2.24) is 15.0 Å². The van der Waals surface area contributed by atoms with Gasteiger partial charge in [0.1, 0.15) is 12.0 Å². The number of nitrogens with two attached hydrogens (primary N) is 1. The van der Waals surface area contributed by atoms with Crippen LogP contribution in [-0.4, -0.2) is 21.5 Å². The van der Waals surface area contributed by atoms with E-state index in [0.29, 0.717) is 17.3 Å². The summed E-state index contributed by atoms with van der Waals surface area (Å²) in [6, 6.07) is 14.0. The van der Waals surface area contributed by atoms with Gasteiger partial charge < -0.3 is 16.4 Å². The zero-order chi connectivity index (χ0) is 17.8. The highest BCUT2D eigenvalue weighted by atomic mass is 32.1. The van der Waals surface area contributed by atoms with E-state index in [1.807, 2.05) is 30.3 Å². The Bertz CT molecular complexity index is 1010. The van der Waals surface area contributed by atoms with E-state index >= 15 is 0 Å². The molecule has 0 saturated carbocycles. The first-order valence-electron chi connectivity index (χ1n) is 8.29. The average molecular weight is 362 g/mol. The van der Waals surface area contributed by atoms with Crippen LogP contribution in [0.4, 0.5) is 23.0 Å². The minimum Gasteiger partial charge on any atom is -0.393 e. The van der Waals surface area contributed by atoms with Crippen molar-refractivity contribution in [2.45, 2.75) is 6.42 Å². The Hall–Kier alpha value is -3.19. The smallest absolute Gasteiger partial charge is 0.159 e. The summed E-state index contributed by atoms with van der Waals surface area (Å²) in [6.07, 6.45) is 4.22. The number of rotatable bonds is 6. The SMILES string of the molecule is Nc1c(NCCc2cccs2)ncnc1Nc1cccc2ncccc12. The van der Waals surface area contributed by atoms with Crippen molar-refractivity contribution in [3.8, 4) is 0 Å². The van der Waals surface area contributed by atoms with Gasteiger partial charge in [-0.25, -0.2) is 9.97 Å². The summed E-state index contributed by atoms with van der Waals surface area (Å²) in [5.74, 6) is 1.22. The highest BCUT2D eigenvalue weighted by Crippen LogP contribution is 2.29. The molecule has 0 atom stereocenters. The van der Waals surface area contributed by atoms with Gasteiger partial charge in [-0.15, -0.1) is 11.3 Å². The molecule has 0 aliphatic heterocycles. The summed E-state index contributed by atoms with van der Waals surface area (Å²) < 4.78 is 0. The largest absolute Gasteiger partial charge is 0.393 e. The third-order valence-electron chi connectivity index (χ3n) is 4.03. The van der Waals surface area contributed by atoms with Gasteiger partial charge in [-0.1, -0.05) is 12.1 Å². The molecule has 0 spiro atoms. The molecule has 0 fully saturated rings. The molecular formula is C19H18N6S. The van der Waals surface area contributed by atoms with Gasteiger partial charge in [0.25, 0.3) is 0 Å². The molecule has 3 aromatic heterocycles. The first kappa shape index (κ1) is 16.3. The molecule has 0 amide bonds. The van der Waals surface area contributed by atoms with Crippen LogP contribution >= 0.6 is 11.3 Å². The minimum atomic E-state index is 0.500. The van der Waals surface area contributed by atoms with Crippen LogP contribution in [0.5, 0.6) is 0 Å². The molecule has 0 aliphatic carbocycles. The number of pyridine rings is 1. The van der Waals surface area contributed by atoms with Gasteiger partial charge in [0.05, 0.1) is 5.52 Å². The molecule has 6 nitrogen and oxygen atoms in total. The quantitative estimate of drug-likeness (QED) is 0.479. The summed E-state index contributed by atoms with van der Waals surface area (Å²) in [6.45, 7) is 0.763. The zero-order valence-corrected chi connectivity index (χ0v) is 14.8. The second-order valence-electron chi connectivity index (χ2n) is 5.74. The third-order valence-corrected chi connectivity index (χ3v) is 4.96. The molecule has 0 aliphatic rings. The van der Waals surface area contributed by atoms with E-state index in [1.54, 1.807) is 17.5 Å². The summed E-state index contributed by atoms with van der Waals surface area (Å²) in [5.41, 5.74) is 8.60. The van der Waals surface area contributed by atoms with Crippen molar-refractivity contribution in [3.63, 3.8) is 0 Å². The molecule has 26 heavy (non-hydrogen) atoms. The van der Waals surface area contributed by atoms with Gasteiger partial charge in [-0.2, -0.15) is 0 Å². The third kappa shape index (κ3) is 3.43. The Morgan fingerprint density at radius 3 is 2.77 bits per heavy atom. The fourth-order valence-electron chi connectivity index (χ4n) is 2.73. The van der Waals surface area contributed by atoms with Gasteiger partial charge in [-0.05, 0) is 42.1 Å². The van der Waals surface area contributed by atoms with E-state index < -0.39 is 0 Å². The van der Waals surface area contributed by atoms with Gasteiger partial charge in [0, 0.05) is 28.7 Å². The maximum Gasteiger partial charge on any atom is 0.159 e. The fourth-order valence-corrected chi connectivity index (χ4v) is 3.44. The lowest BCUT2D eigenvalue weighted by Gasteiger charge is -2.13. The molecule has 7 heteroatoms. The van der Waals surface area contributed by atoms with Gasteiger partial charge in [-0.3, -0.25) is 4.98 Å². The second-order valence-corrected chi connectivity index (χ2v) is 6.77. The van der Waals surface area contributed by atoms with Gasteiger partial charge in [0.2, 0.25) is 0 Å². The van der Waals surface area contributed by atoms with E-state index in [1.165, 1.54) is 11.2 Å². The number of benzene rings is 1.